The first-order chi connectivity index (χ1) is 12.9. The molecule has 4 heteroatoms. The SMILES string of the molecule is CC/C(=C\C(=N)c1cc(Oc2ccc(CC(C)CC)cc2)ccn1)C(C)=O. The van der Waals surface area contributed by atoms with E-state index in [2.05, 4.69) is 31.0 Å². The average Bonchev–Trinajstić information content (AvgIpc) is 2.67. The van der Waals surface area contributed by atoms with E-state index < -0.39 is 0 Å². The third kappa shape index (κ3) is 6.17. The van der Waals surface area contributed by atoms with Crippen LogP contribution in [0.15, 0.2) is 54.2 Å². The highest BCUT2D eigenvalue weighted by Crippen LogP contribution is 2.23. The quantitative estimate of drug-likeness (QED) is 0.455. The molecular weight excluding hydrogens is 336 g/mol. The number of Topliss-reactive ketones (excluding diaryl/α,β-unsaturated/α-hetero) is 1. The van der Waals surface area contributed by atoms with Gasteiger partial charge in [0.05, 0.1) is 11.4 Å². The molecule has 2 aromatic rings. The summed E-state index contributed by atoms with van der Waals surface area (Å²) < 4.78 is 5.91. The highest BCUT2D eigenvalue weighted by molar-refractivity contribution is 6.10. The molecule has 0 spiro atoms. The predicted octanol–water partition coefficient (Wildman–Crippen LogP) is 5.76. The first-order valence-electron chi connectivity index (χ1n) is 9.46. The van der Waals surface area contributed by atoms with Crippen LogP contribution in [0.2, 0.25) is 0 Å². The Labute approximate surface area is 161 Å². The molecule has 1 aromatic heterocycles. The first kappa shape index (κ1) is 20.6. The number of carbonyl (C=O) groups excluding carboxylic acids is 1. The third-order valence-electron chi connectivity index (χ3n) is 4.60. The van der Waals surface area contributed by atoms with E-state index in [1.165, 1.54) is 18.9 Å². The van der Waals surface area contributed by atoms with E-state index in [0.29, 0.717) is 29.4 Å². The lowest BCUT2D eigenvalue weighted by Gasteiger charge is -2.10. The molecule has 1 atom stereocenters. The number of allylic oxidation sites excluding steroid dienone is 2. The lowest BCUT2D eigenvalue weighted by molar-refractivity contribution is -0.113. The molecule has 0 aliphatic carbocycles. The Kier molecular flexibility index (Phi) is 7.47. The van der Waals surface area contributed by atoms with Gasteiger partial charge in [0.25, 0.3) is 0 Å². The number of hydrogen-bond acceptors (Lipinski definition) is 4. The van der Waals surface area contributed by atoms with Crippen molar-refractivity contribution in [3.05, 3.63) is 65.5 Å². The zero-order valence-electron chi connectivity index (χ0n) is 16.6. The minimum atomic E-state index is -0.0212. The fraction of sp³-hybridized carbons (Fsp3) is 0.348. The average molecular weight is 364 g/mol. The zero-order valence-corrected chi connectivity index (χ0v) is 16.6. The monoisotopic (exact) mass is 364 g/mol. The summed E-state index contributed by atoms with van der Waals surface area (Å²) in [6.07, 6.45) is 6.02. The maximum absolute atomic E-state index is 11.6. The topological polar surface area (TPSA) is 63.0 Å². The van der Waals surface area contributed by atoms with Gasteiger partial charge in [0, 0.05) is 12.3 Å². The van der Waals surface area contributed by atoms with Crippen molar-refractivity contribution in [3.8, 4) is 11.5 Å². The summed E-state index contributed by atoms with van der Waals surface area (Å²) in [4.78, 5) is 15.8. The van der Waals surface area contributed by atoms with E-state index in [4.69, 9.17) is 10.1 Å². The van der Waals surface area contributed by atoms with Crippen LogP contribution in [-0.2, 0) is 11.2 Å². The van der Waals surface area contributed by atoms with Crippen molar-refractivity contribution < 1.29 is 9.53 Å². The summed E-state index contributed by atoms with van der Waals surface area (Å²) in [5, 5.41) is 8.20. The number of benzene rings is 1. The summed E-state index contributed by atoms with van der Waals surface area (Å²) in [5.41, 5.74) is 2.60. The van der Waals surface area contributed by atoms with Gasteiger partial charge in [-0.2, -0.15) is 0 Å². The molecule has 1 heterocycles. The van der Waals surface area contributed by atoms with Crippen LogP contribution in [0, 0.1) is 11.3 Å². The summed E-state index contributed by atoms with van der Waals surface area (Å²) >= 11 is 0. The van der Waals surface area contributed by atoms with E-state index in [9.17, 15) is 4.79 Å². The molecular formula is C23H28N2O2. The zero-order chi connectivity index (χ0) is 19.8. The van der Waals surface area contributed by atoms with Gasteiger partial charge in [-0.25, -0.2) is 0 Å². The summed E-state index contributed by atoms with van der Waals surface area (Å²) in [7, 11) is 0. The molecule has 1 unspecified atom stereocenters. The molecule has 0 aliphatic rings. The van der Waals surface area contributed by atoms with Crippen molar-refractivity contribution in [1.29, 1.82) is 5.41 Å². The number of nitrogens with zero attached hydrogens (tertiary/aromatic N) is 1. The normalized spacial score (nSPS) is 12.5. The summed E-state index contributed by atoms with van der Waals surface area (Å²) in [5.74, 6) is 2.02. The Morgan fingerprint density at radius 3 is 2.48 bits per heavy atom. The van der Waals surface area contributed by atoms with Crippen LogP contribution in [-0.4, -0.2) is 16.5 Å². The van der Waals surface area contributed by atoms with Gasteiger partial charge in [-0.3, -0.25) is 15.2 Å². The molecule has 0 amide bonds. The van der Waals surface area contributed by atoms with Crippen molar-refractivity contribution in [3.63, 3.8) is 0 Å². The molecule has 142 valence electrons. The fourth-order valence-electron chi connectivity index (χ4n) is 2.70. The molecule has 0 saturated carbocycles. The van der Waals surface area contributed by atoms with Gasteiger partial charge in [-0.05, 0) is 61.1 Å². The lowest BCUT2D eigenvalue weighted by Crippen LogP contribution is -2.04. The molecule has 2 rings (SSSR count). The van der Waals surface area contributed by atoms with Crippen LogP contribution in [0.25, 0.3) is 0 Å². The van der Waals surface area contributed by atoms with Crippen LogP contribution in [0.1, 0.15) is 51.8 Å². The number of carbonyl (C=O) groups is 1. The van der Waals surface area contributed by atoms with E-state index >= 15 is 0 Å². The van der Waals surface area contributed by atoms with E-state index in [-0.39, 0.29) is 11.5 Å². The molecule has 1 N–H and O–H groups in total. The molecule has 0 aliphatic heterocycles. The molecule has 0 radical (unpaired) electrons. The molecule has 0 fully saturated rings. The number of ketones is 1. The Morgan fingerprint density at radius 2 is 1.89 bits per heavy atom. The maximum Gasteiger partial charge on any atom is 0.155 e. The van der Waals surface area contributed by atoms with Gasteiger partial charge >= 0.3 is 0 Å². The highest BCUT2D eigenvalue weighted by Gasteiger charge is 2.08. The van der Waals surface area contributed by atoms with E-state index in [0.717, 1.165) is 12.2 Å². The standard InChI is InChI=1S/C23H28N2O2/c1-5-16(3)13-18-7-9-20(10-8-18)27-21-11-12-25-23(15-21)22(24)14-19(6-2)17(4)26/h7-12,14-16,24H,5-6,13H2,1-4H3/b19-14+,24-22?. The predicted molar refractivity (Wildman–Crippen MR) is 110 cm³/mol. The van der Waals surface area contributed by atoms with Gasteiger partial charge in [0.1, 0.15) is 11.5 Å². The Bertz CT molecular complexity index is 823. The van der Waals surface area contributed by atoms with Crippen molar-refractivity contribution in [2.75, 3.05) is 0 Å². The largest absolute Gasteiger partial charge is 0.457 e. The first-order valence-corrected chi connectivity index (χ1v) is 9.46. The van der Waals surface area contributed by atoms with E-state index in [1.807, 2.05) is 19.1 Å². The Balaban J connectivity index is 2.11. The lowest BCUT2D eigenvalue weighted by atomic mass is 9.99. The Hall–Kier alpha value is -2.75. The highest BCUT2D eigenvalue weighted by atomic mass is 16.5. The molecule has 27 heavy (non-hydrogen) atoms. The van der Waals surface area contributed by atoms with Gasteiger partial charge in [0.2, 0.25) is 0 Å². The van der Waals surface area contributed by atoms with Gasteiger partial charge in [0.15, 0.2) is 5.78 Å². The molecule has 0 saturated heterocycles. The summed E-state index contributed by atoms with van der Waals surface area (Å²) in [6.45, 7) is 7.87. The maximum atomic E-state index is 11.6. The number of rotatable bonds is 9. The summed E-state index contributed by atoms with van der Waals surface area (Å²) in [6, 6.07) is 11.6. The van der Waals surface area contributed by atoms with Crippen molar-refractivity contribution in [2.45, 2.75) is 47.0 Å². The second kappa shape index (κ2) is 9.81. The van der Waals surface area contributed by atoms with Crippen molar-refractivity contribution >= 4 is 11.5 Å². The van der Waals surface area contributed by atoms with Crippen LogP contribution >= 0.6 is 0 Å². The van der Waals surface area contributed by atoms with Crippen LogP contribution < -0.4 is 4.74 Å². The number of nitrogens with one attached hydrogen (secondary N) is 1. The minimum absolute atomic E-state index is 0.0212. The van der Waals surface area contributed by atoms with Crippen LogP contribution in [0.5, 0.6) is 11.5 Å². The molecule has 4 nitrogen and oxygen atoms in total. The van der Waals surface area contributed by atoms with Crippen molar-refractivity contribution in [2.24, 2.45) is 5.92 Å². The Morgan fingerprint density at radius 1 is 1.19 bits per heavy atom. The number of pyridine rings is 1. The fourth-order valence-corrected chi connectivity index (χ4v) is 2.70. The van der Waals surface area contributed by atoms with Crippen LogP contribution in [0.3, 0.4) is 0 Å². The number of ether oxygens (including phenoxy) is 1. The van der Waals surface area contributed by atoms with Gasteiger partial charge in [-0.15, -0.1) is 0 Å². The van der Waals surface area contributed by atoms with Crippen molar-refractivity contribution in [1.82, 2.24) is 4.98 Å². The number of aromatic nitrogens is 1. The second-order valence-corrected chi connectivity index (χ2v) is 6.83. The smallest absolute Gasteiger partial charge is 0.155 e. The number of hydrogen-bond donors (Lipinski definition) is 1. The van der Waals surface area contributed by atoms with E-state index in [1.54, 1.807) is 24.4 Å². The van der Waals surface area contributed by atoms with Gasteiger partial charge < -0.3 is 4.74 Å². The third-order valence-corrected chi connectivity index (χ3v) is 4.60. The van der Waals surface area contributed by atoms with Crippen LogP contribution in [0.4, 0.5) is 0 Å². The minimum Gasteiger partial charge on any atom is -0.457 e. The second-order valence-electron chi connectivity index (χ2n) is 6.83. The molecule has 1 aromatic carbocycles. The van der Waals surface area contributed by atoms with Gasteiger partial charge in [-0.1, -0.05) is 39.3 Å². The molecule has 0 bridgehead atoms.